The van der Waals surface area contributed by atoms with Crippen molar-refractivity contribution in [1.29, 1.82) is 0 Å². The van der Waals surface area contributed by atoms with E-state index in [4.69, 9.17) is 4.74 Å². The SMILES string of the molecule is COc1cc(C)c(NC(=O)c2cnccn2)cc1C(C)(C)C. The molecule has 1 N–H and O–H groups in total. The van der Waals surface area contributed by atoms with E-state index < -0.39 is 0 Å². The molecule has 1 aromatic heterocycles. The molecule has 1 heterocycles. The lowest BCUT2D eigenvalue weighted by Gasteiger charge is -2.24. The molecule has 22 heavy (non-hydrogen) atoms. The standard InChI is InChI=1S/C17H21N3O2/c1-11-8-15(22-5)12(17(2,3)4)9-13(11)20-16(21)14-10-18-6-7-19-14/h6-10H,1-5H3,(H,20,21). The molecule has 0 atom stereocenters. The van der Waals surface area contributed by atoms with Crippen LogP contribution in [0.1, 0.15) is 42.4 Å². The van der Waals surface area contributed by atoms with Crippen LogP contribution >= 0.6 is 0 Å². The van der Waals surface area contributed by atoms with Crippen LogP contribution in [0.15, 0.2) is 30.7 Å². The van der Waals surface area contributed by atoms with Gasteiger partial charge < -0.3 is 10.1 Å². The van der Waals surface area contributed by atoms with Crippen LogP contribution < -0.4 is 10.1 Å². The van der Waals surface area contributed by atoms with Gasteiger partial charge in [0.2, 0.25) is 0 Å². The van der Waals surface area contributed by atoms with Crippen molar-refractivity contribution in [3.63, 3.8) is 0 Å². The zero-order valence-corrected chi connectivity index (χ0v) is 13.6. The third-order valence-electron chi connectivity index (χ3n) is 3.40. The number of nitrogens with zero attached hydrogens (tertiary/aromatic N) is 2. The molecule has 0 saturated heterocycles. The Morgan fingerprint density at radius 3 is 2.50 bits per heavy atom. The normalized spacial score (nSPS) is 11.1. The van der Waals surface area contributed by atoms with Crippen molar-refractivity contribution in [1.82, 2.24) is 9.97 Å². The summed E-state index contributed by atoms with van der Waals surface area (Å²) in [7, 11) is 1.65. The summed E-state index contributed by atoms with van der Waals surface area (Å²) in [6.07, 6.45) is 4.47. The highest BCUT2D eigenvalue weighted by Gasteiger charge is 2.21. The predicted molar refractivity (Wildman–Crippen MR) is 86.4 cm³/mol. The average molecular weight is 299 g/mol. The van der Waals surface area contributed by atoms with Crippen molar-refractivity contribution in [2.75, 3.05) is 12.4 Å². The van der Waals surface area contributed by atoms with Gasteiger partial charge in [0, 0.05) is 23.6 Å². The Hall–Kier alpha value is -2.43. The summed E-state index contributed by atoms with van der Waals surface area (Å²) in [5.41, 5.74) is 2.92. The first-order valence-corrected chi connectivity index (χ1v) is 7.09. The van der Waals surface area contributed by atoms with E-state index >= 15 is 0 Å². The number of carbonyl (C=O) groups is 1. The Labute approximate surface area is 130 Å². The molecule has 2 rings (SSSR count). The summed E-state index contributed by atoms with van der Waals surface area (Å²) in [5, 5.41) is 2.89. The molecule has 0 aliphatic rings. The van der Waals surface area contributed by atoms with Crippen LogP contribution in [0.25, 0.3) is 0 Å². The number of nitrogens with one attached hydrogen (secondary N) is 1. The van der Waals surface area contributed by atoms with Crippen LogP contribution in [0.4, 0.5) is 5.69 Å². The van der Waals surface area contributed by atoms with Crippen LogP contribution in [0, 0.1) is 6.92 Å². The minimum Gasteiger partial charge on any atom is -0.496 e. The molecular formula is C17H21N3O2. The van der Waals surface area contributed by atoms with Crippen LogP contribution in [0.5, 0.6) is 5.75 Å². The van der Waals surface area contributed by atoms with Gasteiger partial charge in [0.15, 0.2) is 0 Å². The number of ether oxygens (including phenoxy) is 1. The lowest BCUT2D eigenvalue weighted by molar-refractivity contribution is 0.102. The summed E-state index contributed by atoms with van der Waals surface area (Å²) in [4.78, 5) is 20.2. The van der Waals surface area contributed by atoms with E-state index in [1.807, 2.05) is 19.1 Å². The molecule has 1 amide bonds. The van der Waals surface area contributed by atoms with E-state index in [0.717, 1.165) is 22.6 Å². The maximum Gasteiger partial charge on any atom is 0.275 e. The first-order valence-electron chi connectivity index (χ1n) is 7.09. The summed E-state index contributed by atoms with van der Waals surface area (Å²) >= 11 is 0. The Balaban J connectivity index is 2.38. The number of anilines is 1. The molecule has 0 fully saturated rings. The molecule has 0 saturated carbocycles. The second-order valence-corrected chi connectivity index (χ2v) is 6.16. The molecule has 0 spiro atoms. The van der Waals surface area contributed by atoms with Gasteiger partial charge >= 0.3 is 0 Å². The van der Waals surface area contributed by atoms with Crippen molar-refractivity contribution < 1.29 is 9.53 Å². The van der Waals surface area contributed by atoms with Gasteiger partial charge in [-0.05, 0) is 30.0 Å². The lowest BCUT2D eigenvalue weighted by atomic mass is 9.85. The Kier molecular flexibility index (Phi) is 4.45. The number of rotatable bonds is 3. The smallest absolute Gasteiger partial charge is 0.275 e. The van der Waals surface area contributed by atoms with Crippen LogP contribution in [0.2, 0.25) is 0 Å². The van der Waals surface area contributed by atoms with Crippen molar-refractivity contribution in [3.05, 3.63) is 47.5 Å². The highest BCUT2D eigenvalue weighted by atomic mass is 16.5. The van der Waals surface area contributed by atoms with E-state index in [0.29, 0.717) is 0 Å². The van der Waals surface area contributed by atoms with Gasteiger partial charge in [-0.2, -0.15) is 0 Å². The molecule has 2 aromatic rings. The minimum absolute atomic E-state index is 0.0922. The fourth-order valence-electron chi connectivity index (χ4n) is 2.17. The summed E-state index contributed by atoms with van der Waals surface area (Å²) in [6.45, 7) is 8.25. The molecule has 5 nitrogen and oxygen atoms in total. The van der Waals surface area contributed by atoms with Crippen LogP contribution in [0.3, 0.4) is 0 Å². The molecular weight excluding hydrogens is 278 g/mol. The molecule has 0 aliphatic heterocycles. The van der Waals surface area contributed by atoms with Gasteiger partial charge in [-0.3, -0.25) is 9.78 Å². The van der Waals surface area contributed by atoms with Gasteiger partial charge in [-0.25, -0.2) is 4.98 Å². The van der Waals surface area contributed by atoms with Crippen LogP contribution in [-0.2, 0) is 5.41 Å². The third kappa shape index (κ3) is 3.42. The molecule has 1 aromatic carbocycles. The minimum atomic E-state index is -0.277. The van der Waals surface area contributed by atoms with Gasteiger partial charge in [0.25, 0.3) is 5.91 Å². The lowest BCUT2D eigenvalue weighted by Crippen LogP contribution is -2.17. The largest absolute Gasteiger partial charge is 0.496 e. The summed E-state index contributed by atoms with van der Waals surface area (Å²) in [5.74, 6) is 0.545. The second kappa shape index (κ2) is 6.13. The molecule has 5 heteroatoms. The maximum atomic E-state index is 12.2. The van der Waals surface area contributed by atoms with Gasteiger partial charge in [-0.15, -0.1) is 0 Å². The zero-order valence-electron chi connectivity index (χ0n) is 13.6. The number of amides is 1. The van der Waals surface area contributed by atoms with Crippen molar-refractivity contribution in [2.24, 2.45) is 0 Å². The highest BCUT2D eigenvalue weighted by Crippen LogP contribution is 2.35. The molecule has 0 unspecified atom stereocenters. The number of hydrogen-bond donors (Lipinski definition) is 1. The van der Waals surface area contributed by atoms with Crippen molar-refractivity contribution in [3.8, 4) is 5.75 Å². The molecule has 0 radical (unpaired) electrons. The van der Waals surface area contributed by atoms with Crippen molar-refractivity contribution in [2.45, 2.75) is 33.1 Å². The molecule has 0 bridgehead atoms. The second-order valence-electron chi connectivity index (χ2n) is 6.16. The van der Waals surface area contributed by atoms with E-state index in [-0.39, 0.29) is 17.0 Å². The number of aromatic nitrogens is 2. The average Bonchev–Trinajstić information content (AvgIpc) is 2.48. The van der Waals surface area contributed by atoms with Gasteiger partial charge in [0.1, 0.15) is 11.4 Å². The number of methoxy groups -OCH3 is 1. The number of benzene rings is 1. The number of aryl methyl sites for hydroxylation is 1. The predicted octanol–water partition coefficient (Wildman–Crippen LogP) is 3.34. The Morgan fingerprint density at radius 1 is 1.23 bits per heavy atom. The fraction of sp³-hybridized carbons (Fsp3) is 0.353. The highest BCUT2D eigenvalue weighted by molar-refractivity contribution is 6.03. The quantitative estimate of drug-likeness (QED) is 0.944. The Bertz CT molecular complexity index is 676. The zero-order chi connectivity index (χ0) is 16.3. The third-order valence-corrected chi connectivity index (χ3v) is 3.40. The first-order chi connectivity index (χ1) is 10.3. The van der Waals surface area contributed by atoms with Crippen LogP contribution in [-0.4, -0.2) is 23.0 Å². The summed E-state index contributed by atoms with van der Waals surface area (Å²) < 4.78 is 5.46. The maximum absolute atomic E-state index is 12.2. The first kappa shape index (κ1) is 15.9. The van der Waals surface area contributed by atoms with Crippen molar-refractivity contribution >= 4 is 11.6 Å². The number of hydrogen-bond acceptors (Lipinski definition) is 4. The monoisotopic (exact) mass is 299 g/mol. The number of carbonyl (C=O) groups excluding carboxylic acids is 1. The fourth-order valence-corrected chi connectivity index (χ4v) is 2.17. The molecule has 116 valence electrons. The Morgan fingerprint density at radius 2 is 1.95 bits per heavy atom. The summed E-state index contributed by atoms with van der Waals surface area (Å²) in [6, 6.07) is 3.90. The van der Waals surface area contributed by atoms with E-state index in [1.165, 1.54) is 18.6 Å². The van der Waals surface area contributed by atoms with E-state index in [2.05, 4.69) is 36.1 Å². The topological polar surface area (TPSA) is 64.1 Å². The van der Waals surface area contributed by atoms with E-state index in [1.54, 1.807) is 7.11 Å². The molecule has 0 aliphatic carbocycles. The van der Waals surface area contributed by atoms with Gasteiger partial charge in [0.05, 0.1) is 13.3 Å². The van der Waals surface area contributed by atoms with Gasteiger partial charge in [-0.1, -0.05) is 20.8 Å². The van der Waals surface area contributed by atoms with E-state index in [9.17, 15) is 4.79 Å².